The summed E-state index contributed by atoms with van der Waals surface area (Å²) in [6.45, 7) is 4.86. The van der Waals surface area contributed by atoms with Gasteiger partial charge >= 0.3 is 0 Å². The fourth-order valence-corrected chi connectivity index (χ4v) is 4.92. The molecule has 30 heavy (non-hydrogen) atoms. The summed E-state index contributed by atoms with van der Waals surface area (Å²) >= 11 is 0. The molecule has 0 atom stereocenters. The van der Waals surface area contributed by atoms with E-state index in [9.17, 15) is 8.42 Å². The van der Waals surface area contributed by atoms with E-state index in [1.54, 1.807) is 19.2 Å². The van der Waals surface area contributed by atoms with Gasteiger partial charge in [-0.15, -0.1) is 24.0 Å². The Bertz CT molecular complexity index is 806. The van der Waals surface area contributed by atoms with Gasteiger partial charge in [-0.2, -0.15) is 0 Å². The number of benzene rings is 1. The molecule has 1 aliphatic heterocycles. The van der Waals surface area contributed by atoms with Crippen LogP contribution in [0.4, 0.5) is 0 Å². The van der Waals surface area contributed by atoms with Crippen molar-refractivity contribution in [2.24, 2.45) is 10.1 Å². The first kappa shape index (κ1) is 25.3. The van der Waals surface area contributed by atoms with Crippen molar-refractivity contribution < 1.29 is 13.2 Å². The summed E-state index contributed by atoms with van der Waals surface area (Å²) in [4.78, 5) is 7.05. The summed E-state index contributed by atoms with van der Waals surface area (Å²) in [5.74, 6) is 0.712. The van der Waals surface area contributed by atoms with Crippen molar-refractivity contribution >= 4 is 40.0 Å². The number of nitrogens with two attached hydrogens (primary N) is 1. The summed E-state index contributed by atoms with van der Waals surface area (Å²) in [5, 5.41) is 12.0. The van der Waals surface area contributed by atoms with E-state index in [0.717, 1.165) is 38.4 Å². The summed E-state index contributed by atoms with van der Waals surface area (Å²) in [7, 11) is -1.96. The van der Waals surface area contributed by atoms with Crippen LogP contribution in [-0.2, 0) is 21.3 Å². The summed E-state index contributed by atoms with van der Waals surface area (Å²) in [6, 6.07) is 6.65. The number of hydrogen-bond acceptors (Lipinski definition) is 5. The number of aliphatic imine (C=N–C) groups is 1. The van der Waals surface area contributed by atoms with Crippen LogP contribution >= 0.6 is 24.0 Å². The molecule has 1 aliphatic carbocycles. The van der Waals surface area contributed by atoms with Gasteiger partial charge in [-0.25, -0.2) is 13.6 Å². The van der Waals surface area contributed by atoms with Gasteiger partial charge in [0.2, 0.25) is 10.0 Å². The highest BCUT2D eigenvalue weighted by Gasteiger charge is 2.38. The molecule has 0 amide bonds. The molecule has 0 bridgehead atoms. The largest absolute Gasteiger partial charge is 0.379 e. The molecule has 0 unspecified atom stereocenters. The van der Waals surface area contributed by atoms with Crippen molar-refractivity contribution in [3.8, 4) is 0 Å². The fraction of sp³-hybridized carbons (Fsp3) is 0.650. The average Bonchev–Trinajstić information content (AvgIpc) is 2.75. The van der Waals surface area contributed by atoms with Crippen molar-refractivity contribution in [2.75, 3.05) is 39.9 Å². The molecule has 1 saturated carbocycles. The molecule has 10 heteroatoms. The van der Waals surface area contributed by atoms with Crippen LogP contribution in [0.25, 0.3) is 0 Å². The number of nitrogens with zero attached hydrogens (tertiary/aromatic N) is 2. The molecule has 2 aliphatic rings. The van der Waals surface area contributed by atoms with Gasteiger partial charge in [-0.1, -0.05) is 31.4 Å². The first-order valence-corrected chi connectivity index (χ1v) is 11.9. The zero-order valence-corrected chi connectivity index (χ0v) is 20.7. The number of sulfonamides is 1. The molecule has 0 radical (unpaired) electrons. The molecular formula is C20H34IN5O3S. The molecular weight excluding hydrogens is 517 g/mol. The van der Waals surface area contributed by atoms with Crippen molar-refractivity contribution in [3.05, 3.63) is 29.8 Å². The highest BCUT2D eigenvalue weighted by molar-refractivity contribution is 14.0. The number of hydrogen-bond donors (Lipinski definition) is 3. The van der Waals surface area contributed by atoms with Gasteiger partial charge in [0.25, 0.3) is 0 Å². The van der Waals surface area contributed by atoms with E-state index >= 15 is 0 Å². The Kier molecular flexibility index (Phi) is 9.79. The number of halogens is 1. The number of primary sulfonamides is 1. The third-order valence-corrected chi connectivity index (χ3v) is 6.87. The Morgan fingerprint density at radius 2 is 1.90 bits per heavy atom. The lowest BCUT2D eigenvalue weighted by Crippen LogP contribution is -2.60. The molecule has 1 aromatic carbocycles. The monoisotopic (exact) mass is 551 g/mol. The minimum atomic E-state index is -3.70. The van der Waals surface area contributed by atoms with Crippen LogP contribution < -0.4 is 15.8 Å². The normalized spacial score (nSPS) is 20.3. The minimum absolute atomic E-state index is 0. The van der Waals surface area contributed by atoms with Crippen LogP contribution in [0.2, 0.25) is 0 Å². The van der Waals surface area contributed by atoms with E-state index < -0.39 is 10.0 Å². The Hall–Kier alpha value is -0.950. The Morgan fingerprint density at radius 1 is 1.20 bits per heavy atom. The predicted octanol–water partition coefficient (Wildman–Crippen LogP) is 1.65. The maximum absolute atomic E-state index is 11.6. The zero-order valence-electron chi connectivity index (χ0n) is 17.6. The number of ether oxygens (including phenoxy) is 1. The number of morpholine rings is 1. The Labute approximate surface area is 197 Å². The van der Waals surface area contributed by atoms with E-state index in [4.69, 9.17) is 9.88 Å². The molecule has 1 saturated heterocycles. The molecule has 0 spiro atoms. The minimum Gasteiger partial charge on any atom is -0.379 e. The van der Waals surface area contributed by atoms with Crippen LogP contribution in [0.3, 0.4) is 0 Å². The van der Waals surface area contributed by atoms with Gasteiger partial charge in [0, 0.05) is 38.8 Å². The van der Waals surface area contributed by atoms with E-state index in [1.165, 1.54) is 38.2 Å². The molecule has 3 rings (SSSR count). The van der Waals surface area contributed by atoms with Crippen molar-refractivity contribution in [1.29, 1.82) is 0 Å². The van der Waals surface area contributed by atoms with Crippen molar-refractivity contribution in [3.63, 3.8) is 0 Å². The number of rotatable bonds is 6. The van der Waals surface area contributed by atoms with E-state index in [2.05, 4.69) is 20.5 Å². The maximum Gasteiger partial charge on any atom is 0.238 e. The van der Waals surface area contributed by atoms with Crippen LogP contribution in [0.15, 0.2) is 34.2 Å². The second kappa shape index (κ2) is 11.6. The predicted molar refractivity (Wildman–Crippen MR) is 130 cm³/mol. The first-order valence-electron chi connectivity index (χ1n) is 10.3. The van der Waals surface area contributed by atoms with Crippen LogP contribution in [-0.4, -0.2) is 64.7 Å². The van der Waals surface area contributed by atoms with Gasteiger partial charge in [-0.05, 0) is 30.5 Å². The number of nitrogens with one attached hydrogen (secondary N) is 2. The molecule has 170 valence electrons. The van der Waals surface area contributed by atoms with Crippen molar-refractivity contribution in [1.82, 2.24) is 15.5 Å². The molecule has 4 N–H and O–H groups in total. The summed E-state index contributed by atoms with van der Waals surface area (Å²) in [5.41, 5.74) is 0.979. The fourth-order valence-electron chi connectivity index (χ4n) is 4.34. The first-order chi connectivity index (χ1) is 13.9. The van der Waals surface area contributed by atoms with Crippen LogP contribution in [0, 0.1) is 0 Å². The van der Waals surface area contributed by atoms with Crippen LogP contribution in [0.1, 0.15) is 37.7 Å². The van der Waals surface area contributed by atoms with Crippen molar-refractivity contribution in [2.45, 2.75) is 49.1 Å². The van der Waals surface area contributed by atoms with Gasteiger partial charge < -0.3 is 15.4 Å². The summed E-state index contributed by atoms with van der Waals surface area (Å²) in [6.07, 6.45) is 6.19. The molecule has 2 fully saturated rings. The molecule has 0 aromatic heterocycles. The molecule has 1 aromatic rings. The van der Waals surface area contributed by atoms with E-state index in [-0.39, 0.29) is 34.4 Å². The van der Waals surface area contributed by atoms with E-state index in [1.807, 2.05) is 6.07 Å². The SMILES string of the molecule is CN=C(NCc1cccc(S(N)(=O)=O)c1)NCC1(N2CCOCC2)CCCCC1.I. The van der Waals surface area contributed by atoms with Gasteiger partial charge in [0.05, 0.1) is 18.1 Å². The highest BCUT2D eigenvalue weighted by atomic mass is 127. The lowest BCUT2D eigenvalue weighted by atomic mass is 9.80. The van der Waals surface area contributed by atoms with E-state index in [0.29, 0.717) is 12.5 Å². The quantitative estimate of drug-likeness (QED) is 0.282. The van der Waals surface area contributed by atoms with Gasteiger partial charge in [-0.3, -0.25) is 9.89 Å². The topological polar surface area (TPSA) is 109 Å². The zero-order chi connectivity index (χ0) is 20.7. The summed E-state index contributed by atoms with van der Waals surface area (Å²) < 4.78 is 28.7. The maximum atomic E-state index is 11.6. The lowest BCUT2D eigenvalue weighted by Gasteiger charge is -2.48. The Morgan fingerprint density at radius 3 is 2.53 bits per heavy atom. The Balaban J connectivity index is 0.00000320. The highest BCUT2D eigenvalue weighted by Crippen LogP contribution is 2.33. The average molecular weight is 551 g/mol. The molecule has 8 nitrogen and oxygen atoms in total. The smallest absolute Gasteiger partial charge is 0.238 e. The second-order valence-electron chi connectivity index (χ2n) is 7.86. The van der Waals surface area contributed by atoms with Crippen LogP contribution in [0.5, 0.6) is 0 Å². The lowest BCUT2D eigenvalue weighted by molar-refractivity contribution is -0.0352. The molecule has 1 heterocycles. The second-order valence-corrected chi connectivity index (χ2v) is 9.42. The number of guanidine groups is 1. The van der Waals surface area contributed by atoms with Gasteiger partial charge in [0.1, 0.15) is 0 Å². The third-order valence-electron chi connectivity index (χ3n) is 5.96. The van der Waals surface area contributed by atoms with Gasteiger partial charge in [0.15, 0.2) is 5.96 Å². The standard InChI is InChI=1S/C20H33N5O3S.HI/c1-22-19(23-15-17-6-5-7-18(14-17)29(21,26)27)24-16-20(8-3-2-4-9-20)25-10-12-28-13-11-25;/h5-7,14H,2-4,8-13,15-16H2,1H3,(H2,21,26,27)(H2,22,23,24);1H. The third kappa shape index (κ3) is 6.78.